The quantitative estimate of drug-likeness (QED) is 0.431. The molecule has 126 valence electrons. The zero-order valence-corrected chi connectivity index (χ0v) is 13.5. The normalized spacial score (nSPS) is 11.6. The second-order valence-electron chi connectivity index (χ2n) is 5.01. The monoisotopic (exact) mass is 349 g/mol. The molecule has 0 spiro atoms. The average molecular weight is 349 g/mol. The van der Waals surface area contributed by atoms with Crippen LogP contribution in [-0.4, -0.2) is 28.4 Å². The highest BCUT2D eigenvalue weighted by Gasteiger charge is 2.20. The van der Waals surface area contributed by atoms with Gasteiger partial charge in [-0.2, -0.15) is 11.3 Å². The van der Waals surface area contributed by atoms with E-state index < -0.39 is 22.8 Å². The van der Waals surface area contributed by atoms with Gasteiger partial charge in [0.05, 0.1) is 11.0 Å². The third-order valence-electron chi connectivity index (χ3n) is 3.19. The van der Waals surface area contributed by atoms with E-state index in [1.807, 2.05) is 0 Å². The summed E-state index contributed by atoms with van der Waals surface area (Å²) in [7, 11) is 0. The Morgan fingerprint density at radius 2 is 2.08 bits per heavy atom. The van der Waals surface area contributed by atoms with Gasteiger partial charge in [-0.15, -0.1) is 0 Å². The smallest absolute Gasteiger partial charge is 0.313 e. The van der Waals surface area contributed by atoms with Crippen LogP contribution in [0.15, 0.2) is 35.0 Å². The van der Waals surface area contributed by atoms with Gasteiger partial charge in [-0.05, 0) is 40.9 Å². The lowest BCUT2D eigenvalue weighted by Crippen LogP contribution is -2.37. The highest BCUT2D eigenvalue weighted by atomic mass is 32.1. The molecule has 1 atom stereocenters. The number of hydrogen-bond acceptors (Lipinski definition) is 6. The van der Waals surface area contributed by atoms with Crippen LogP contribution in [0.2, 0.25) is 0 Å². The molecule has 24 heavy (non-hydrogen) atoms. The number of aliphatic hydroxyl groups is 1. The third kappa shape index (κ3) is 4.37. The van der Waals surface area contributed by atoms with E-state index in [1.54, 1.807) is 29.8 Å². The van der Waals surface area contributed by atoms with Crippen molar-refractivity contribution < 1.29 is 19.6 Å². The van der Waals surface area contributed by atoms with E-state index in [1.165, 1.54) is 23.5 Å². The molecule has 0 aliphatic heterocycles. The molecule has 0 aliphatic rings. The summed E-state index contributed by atoms with van der Waals surface area (Å²) in [5.74, 6) is -2.03. The molecule has 2 amide bonds. The molecule has 0 radical (unpaired) electrons. The number of carbonyl (C=O) groups is 2. The fourth-order valence-electron chi connectivity index (χ4n) is 1.93. The van der Waals surface area contributed by atoms with Crippen molar-refractivity contribution in [2.45, 2.75) is 13.0 Å². The standard InChI is InChI=1S/C15H15N3O5S/c1-9-2-3-11(12(6-9)18(22)23)17-15(21)14(20)16-7-13(19)10-4-5-24-8-10/h2-6,8,13,19H,7H2,1H3,(H,16,20)(H,17,21). The van der Waals surface area contributed by atoms with Crippen molar-refractivity contribution in [2.75, 3.05) is 11.9 Å². The van der Waals surface area contributed by atoms with Gasteiger partial charge in [0.15, 0.2) is 0 Å². The van der Waals surface area contributed by atoms with Gasteiger partial charge in [0.2, 0.25) is 0 Å². The van der Waals surface area contributed by atoms with Crippen molar-refractivity contribution >= 4 is 34.5 Å². The molecular weight excluding hydrogens is 334 g/mol. The first kappa shape index (κ1) is 17.6. The highest BCUT2D eigenvalue weighted by molar-refractivity contribution is 7.07. The molecule has 2 aromatic rings. The molecule has 3 N–H and O–H groups in total. The second kappa shape index (κ2) is 7.66. The lowest BCUT2D eigenvalue weighted by Gasteiger charge is -2.11. The van der Waals surface area contributed by atoms with Gasteiger partial charge in [0, 0.05) is 12.6 Å². The number of thiophene rings is 1. The maximum atomic E-state index is 11.8. The number of carbonyl (C=O) groups excluding carboxylic acids is 2. The van der Waals surface area contributed by atoms with Gasteiger partial charge in [0.25, 0.3) is 5.69 Å². The van der Waals surface area contributed by atoms with Crippen molar-refractivity contribution in [3.63, 3.8) is 0 Å². The number of benzene rings is 1. The number of nitro benzene ring substituents is 1. The first-order chi connectivity index (χ1) is 11.4. The van der Waals surface area contributed by atoms with E-state index in [0.29, 0.717) is 11.1 Å². The van der Waals surface area contributed by atoms with E-state index in [0.717, 1.165) is 0 Å². The second-order valence-corrected chi connectivity index (χ2v) is 5.79. The number of nitrogens with one attached hydrogen (secondary N) is 2. The topological polar surface area (TPSA) is 122 Å². The molecule has 9 heteroatoms. The highest BCUT2D eigenvalue weighted by Crippen LogP contribution is 2.25. The lowest BCUT2D eigenvalue weighted by molar-refractivity contribution is -0.384. The summed E-state index contributed by atoms with van der Waals surface area (Å²) in [6.07, 6.45) is -0.929. The van der Waals surface area contributed by atoms with Crippen molar-refractivity contribution in [2.24, 2.45) is 0 Å². The Morgan fingerprint density at radius 1 is 1.33 bits per heavy atom. The number of aryl methyl sites for hydroxylation is 1. The van der Waals surface area contributed by atoms with E-state index in [9.17, 15) is 24.8 Å². The van der Waals surface area contributed by atoms with E-state index in [-0.39, 0.29) is 17.9 Å². The van der Waals surface area contributed by atoms with Crippen molar-refractivity contribution in [1.29, 1.82) is 0 Å². The zero-order valence-electron chi connectivity index (χ0n) is 12.7. The van der Waals surface area contributed by atoms with E-state index in [4.69, 9.17) is 0 Å². The summed E-state index contributed by atoms with van der Waals surface area (Å²) < 4.78 is 0. The predicted molar refractivity (Wildman–Crippen MR) is 88.8 cm³/mol. The number of nitro groups is 1. The number of hydrogen-bond donors (Lipinski definition) is 3. The van der Waals surface area contributed by atoms with Gasteiger partial charge in [0.1, 0.15) is 5.69 Å². The van der Waals surface area contributed by atoms with Crippen LogP contribution in [0.5, 0.6) is 0 Å². The first-order valence-corrected chi connectivity index (χ1v) is 7.87. The van der Waals surface area contributed by atoms with Crippen LogP contribution in [0.25, 0.3) is 0 Å². The van der Waals surface area contributed by atoms with E-state index >= 15 is 0 Å². The SMILES string of the molecule is Cc1ccc(NC(=O)C(=O)NCC(O)c2ccsc2)c([N+](=O)[O-])c1. The summed E-state index contributed by atoms with van der Waals surface area (Å²) >= 11 is 1.40. The molecule has 8 nitrogen and oxygen atoms in total. The number of aliphatic hydroxyl groups excluding tert-OH is 1. The van der Waals surface area contributed by atoms with Gasteiger partial charge in [-0.25, -0.2) is 0 Å². The lowest BCUT2D eigenvalue weighted by atomic mass is 10.2. The van der Waals surface area contributed by atoms with Crippen LogP contribution in [-0.2, 0) is 9.59 Å². The number of rotatable bonds is 5. The van der Waals surface area contributed by atoms with Crippen LogP contribution in [0.4, 0.5) is 11.4 Å². The molecule has 1 aromatic carbocycles. The zero-order chi connectivity index (χ0) is 17.7. The van der Waals surface area contributed by atoms with Crippen LogP contribution in [0.3, 0.4) is 0 Å². The fourth-order valence-corrected chi connectivity index (χ4v) is 2.64. The van der Waals surface area contributed by atoms with Crippen molar-refractivity contribution in [3.05, 3.63) is 56.3 Å². The molecule has 0 saturated carbocycles. The molecule has 1 aromatic heterocycles. The number of nitrogens with zero attached hydrogens (tertiary/aromatic N) is 1. The minimum atomic E-state index is -1.04. The molecule has 0 bridgehead atoms. The first-order valence-electron chi connectivity index (χ1n) is 6.93. The predicted octanol–water partition coefficient (Wildman–Crippen LogP) is 1.75. The van der Waals surface area contributed by atoms with Gasteiger partial charge < -0.3 is 15.7 Å². The number of anilines is 1. The summed E-state index contributed by atoms with van der Waals surface area (Å²) in [6.45, 7) is 1.54. The van der Waals surface area contributed by atoms with Gasteiger partial charge in [-0.1, -0.05) is 6.07 Å². The Labute approximate surface area is 141 Å². The average Bonchev–Trinajstić information content (AvgIpc) is 3.08. The molecular formula is C15H15N3O5S. The molecule has 0 saturated heterocycles. The summed E-state index contributed by atoms with van der Waals surface area (Å²) in [5, 5.41) is 28.8. The minimum absolute atomic E-state index is 0.0656. The Morgan fingerprint density at radius 3 is 2.71 bits per heavy atom. The van der Waals surface area contributed by atoms with Gasteiger partial charge >= 0.3 is 11.8 Å². The Hall–Kier alpha value is -2.78. The minimum Gasteiger partial charge on any atom is -0.387 e. The largest absolute Gasteiger partial charge is 0.387 e. The van der Waals surface area contributed by atoms with Crippen LogP contribution >= 0.6 is 11.3 Å². The molecule has 2 rings (SSSR count). The van der Waals surface area contributed by atoms with E-state index in [2.05, 4.69) is 10.6 Å². The fraction of sp³-hybridized carbons (Fsp3) is 0.200. The molecule has 0 aliphatic carbocycles. The summed E-state index contributed by atoms with van der Waals surface area (Å²) in [4.78, 5) is 34.0. The summed E-state index contributed by atoms with van der Waals surface area (Å²) in [5.41, 5.74) is 0.927. The molecule has 1 unspecified atom stereocenters. The van der Waals surface area contributed by atoms with Crippen LogP contribution < -0.4 is 10.6 Å². The van der Waals surface area contributed by atoms with Crippen LogP contribution in [0.1, 0.15) is 17.2 Å². The maximum absolute atomic E-state index is 11.8. The molecule has 1 heterocycles. The van der Waals surface area contributed by atoms with Crippen LogP contribution in [0, 0.1) is 17.0 Å². The Bertz CT molecular complexity index is 760. The van der Waals surface area contributed by atoms with Crippen molar-refractivity contribution in [3.8, 4) is 0 Å². The third-order valence-corrected chi connectivity index (χ3v) is 3.89. The Balaban J connectivity index is 1.97. The number of amides is 2. The van der Waals surface area contributed by atoms with Gasteiger partial charge in [-0.3, -0.25) is 19.7 Å². The van der Waals surface area contributed by atoms with Crippen molar-refractivity contribution in [1.82, 2.24) is 5.32 Å². The summed E-state index contributed by atoms with van der Waals surface area (Å²) in [6, 6.07) is 5.95. The Kier molecular flexibility index (Phi) is 5.61. The molecule has 0 fully saturated rings. The maximum Gasteiger partial charge on any atom is 0.313 e.